The second-order valence-corrected chi connectivity index (χ2v) is 4.39. The van der Waals surface area contributed by atoms with E-state index in [1.165, 1.54) is 5.01 Å². The van der Waals surface area contributed by atoms with E-state index < -0.39 is 16.5 Å². The Kier molecular flexibility index (Phi) is 1.99. The van der Waals surface area contributed by atoms with Crippen LogP contribution in [0, 0.1) is 0 Å². The van der Waals surface area contributed by atoms with Crippen molar-refractivity contribution in [1.29, 1.82) is 0 Å². The lowest BCUT2D eigenvalue weighted by Crippen LogP contribution is -2.52. The molecule has 1 atom stereocenters. The minimum atomic E-state index is -2.50. The molecule has 0 spiro atoms. The van der Waals surface area contributed by atoms with Crippen molar-refractivity contribution in [1.82, 2.24) is 5.32 Å². The van der Waals surface area contributed by atoms with Gasteiger partial charge in [0.1, 0.15) is 0 Å². The van der Waals surface area contributed by atoms with Crippen LogP contribution >= 0.6 is 0 Å². The second-order valence-electron chi connectivity index (χ2n) is 3.50. The molecule has 0 aromatic heterocycles. The van der Waals surface area contributed by atoms with E-state index in [0.29, 0.717) is 11.3 Å². The highest BCUT2D eigenvalue weighted by Crippen LogP contribution is 2.29. The molecule has 3 rings (SSSR count). The Balaban J connectivity index is 2.20. The van der Waals surface area contributed by atoms with E-state index in [2.05, 4.69) is 15.7 Å². The molecule has 2 aliphatic rings. The van der Waals surface area contributed by atoms with Crippen molar-refractivity contribution in [2.75, 3.05) is 5.01 Å². The molecule has 0 saturated heterocycles. The number of carbonyl (C=O) groups excluding carboxylic acids is 1. The fourth-order valence-corrected chi connectivity index (χ4v) is 2.25. The topological polar surface area (TPSA) is 91.2 Å². The predicted octanol–water partition coefficient (Wildman–Crippen LogP) is -0.0477. The fourth-order valence-electron chi connectivity index (χ4n) is 1.81. The molecule has 0 radical (unpaired) electrons. The minimum absolute atomic E-state index is 0.187. The Hall–Kier alpha value is -2.22. The van der Waals surface area contributed by atoms with Crippen molar-refractivity contribution in [3.63, 3.8) is 0 Å². The molecule has 7 nitrogen and oxygen atoms in total. The number of rotatable bonds is 0. The third-order valence-electron chi connectivity index (χ3n) is 2.55. The van der Waals surface area contributed by atoms with E-state index in [0.717, 1.165) is 0 Å². The number of hydrogen-bond acceptors (Lipinski definition) is 5. The van der Waals surface area contributed by atoms with Gasteiger partial charge in [-0.1, -0.05) is 17.4 Å². The molecule has 1 aromatic rings. The zero-order valence-electron chi connectivity index (χ0n) is 8.36. The van der Waals surface area contributed by atoms with Crippen molar-refractivity contribution in [2.45, 2.75) is 6.17 Å². The van der Waals surface area contributed by atoms with Gasteiger partial charge in [0.05, 0.1) is 11.3 Å². The summed E-state index contributed by atoms with van der Waals surface area (Å²) in [6.07, 6.45) is -0.837. The largest absolute Gasteiger partial charge is 0.324 e. The zero-order valence-corrected chi connectivity index (χ0v) is 9.18. The van der Waals surface area contributed by atoms with Gasteiger partial charge in [-0.2, -0.15) is 8.42 Å². The van der Waals surface area contributed by atoms with Gasteiger partial charge in [-0.15, -0.1) is 5.11 Å². The van der Waals surface area contributed by atoms with Crippen LogP contribution in [0.2, 0.25) is 0 Å². The number of nitrogens with zero attached hydrogens (tertiary/aromatic N) is 3. The standard InChI is InChI=1S/C9H6N4O3S/c14-8-5-3-1-2-4-6(5)13-7(10-8)9(11-12-13)17(15)16/h1-4,7H,(H,10,14). The number of carbonyl (C=O) groups is 1. The third kappa shape index (κ3) is 1.34. The number of benzene rings is 1. The van der Waals surface area contributed by atoms with Gasteiger partial charge < -0.3 is 5.32 Å². The first-order chi connectivity index (χ1) is 8.18. The van der Waals surface area contributed by atoms with Crippen molar-refractivity contribution in [3.05, 3.63) is 29.8 Å². The summed E-state index contributed by atoms with van der Waals surface area (Å²) in [4.78, 5) is 11.6. The summed E-state index contributed by atoms with van der Waals surface area (Å²) in [5, 5.41) is 11.2. The van der Waals surface area contributed by atoms with Gasteiger partial charge >= 0.3 is 0 Å². The highest BCUT2D eigenvalue weighted by Gasteiger charge is 2.38. The van der Waals surface area contributed by atoms with E-state index in [9.17, 15) is 13.2 Å². The van der Waals surface area contributed by atoms with E-state index in [1.807, 2.05) is 0 Å². The monoisotopic (exact) mass is 250 g/mol. The number of anilines is 1. The molecule has 1 aromatic carbocycles. The molecule has 0 saturated carbocycles. The van der Waals surface area contributed by atoms with E-state index >= 15 is 0 Å². The molecule has 0 fully saturated rings. The van der Waals surface area contributed by atoms with Crippen LogP contribution in [0.25, 0.3) is 0 Å². The first-order valence-electron chi connectivity index (χ1n) is 4.75. The van der Waals surface area contributed by atoms with Gasteiger partial charge in [-0.3, -0.25) is 4.79 Å². The molecule has 17 heavy (non-hydrogen) atoms. The van der Waals surface area contributed by atoms with Gasteiger partial charge in [-0.25, -0.2) is 5.01 Å². The highest BCUT2D eigenvalue weighted by molar-refractivity contribution is 7.73. The molecule has 86 valence electrons. The number of para-hydroxylation sites is 1. The normalized spacial score (nSPS) is 20.9. The minimum Gasteiger partial charge on any atom is -0.324 e. The molecule has 1 unspecified atom stereocenters. The molecular formula is C9H6N4O3S. The zero-order chi connectivity index (χ0) is 12.0. The summed E-state index contributed by atoms with van der Waals surface area (Å²) in [5.74, 6) is -0.336. The maximum Gasteiger partial charge on any atom is 0.255 e. The second kappa shape index (κ2) is 3.39. The van der Waals surface area contributed by atoms with Crippen LogP contribution < -0.4 is 10.3 Å². The number of nitrogens with one attached hydrogen (secondary N) is 1. The molecule has 1 N–H and O–H groups in total. The van der Waals surface area contributed by atoms with Crippen LogP contribution in [-0.2, 0) is 10.3 Å². The van der Waals surface area contributed by atoms with Crippen molar-refractivity contribution >= 4 is 26.9 Å². The summed E-state index contributed by atoms with van der Waals surface area (Å²) >= 11 is 0. The molecule has 2 aliphatic heterocycles. The van der Waals surface area contributed by atoms with Gasteiger partial charge in [-0.05, 0) is 12.1 Å². The lowest BCUT2D eigenvalue weighted by Gasteiger charge is -2.28. The molecule has 0 aliphatic carbocycles. The smallest absolute Gasteiger partial charge is 0.255 e. The van der Waals surface area contributed by atoms with Crippen molar-refractivity contribution in [2.24, 2.45) is 10.3 Å². The van der Waals surface area contributed by atoms with E-state index in [-0.39, 0.29) is 10.9 Å². The first kappa shape index (κ1) is 9.97. The van der Waals surface area contributed by atoms with E-state index in [4.69, 9.17) is 0 Å². The fraction of sp³-hybridized carbons (Fsp3) is 0.111. The number of fused-ring (bicyclic) bond motifs is 3. The molecule has 2 heterocycles. The highest BCUT2D eigenvalue weighted by atomic mass is 32.2. The van der Waals surface area contributed by atoms with Crippen LogP contribution in [0.5, 0.6) is 0 Å². The Morgan fingerprint density at radius 1 is 1.29 bits per heavy atom. The quantitative estimate of drug-likeness (QED) is 0.653. The summed E-state index contributed by atoms with van der Waals surface area (Å²) in [7, 11) is -2.50. The van der Waals surface area contributed by atoms with Gasteiger partial charge in [0.2, 0.25) is 15.3 Å². The average Bonchev–Trinajstić information content (AvgIpc) is 2.73. The van der Waals surface area contributed by atoms with Crippen LogP contribution in [0.1, 0.15) is 10.4 Å². The maximum atomic E-state index is 11.8. The number of amides is 1. The maximum absolute atomic E-state index is 11.8. The predicted molar refractivity (Wildman–Crippen MR) is 59.0 cm³/mol. The number of hydrogen-bond donors (Lipinski definition) is 1. The summed E-state index contributed by atoms with van der Waals surface area (Å²) in [5.41, 5.74) is 0.992. The molecule has 1 amide bonds. The SMILES string of the molecule is O=C1NC2C(=S(=O)=O)N=NN2c2ccccc21. The summed E-state index contributed by atoms with van der Waals surface area (Å²) in [6.45, 7) is 0. The lowest BCUT2D eigenvalue weighted by molar-refractivity contribution is 0.0940. The van der Waals surface area contributed by atoms with Crippen LogP contribution in [-0.4, -0.2) is 25.5 Å². The van der Waals surface area contributed by atoms with Crippen LogP contribution in [0.15, 0.2) is 34.6 Å². The van der Waals surface area contributed by atoms with Crippen molar-refractivity contribution in [3.8, 4) is 0 Å². The van der Waals surface area contributed by atoms with Gasteiger partial charge in [0, 0.05) is 0 Å². The molecule has 8 heteroatoms. The Morgan fingerprint density at radius 2 is 2.06 bits per heavy atom. The van der Waals surface area contributed by atoms with Gasteiger partial charge in [0.15, 0.2) is 6.17 Å². The summed E-state index contributed by atoms with van der Waals surface area (Å²) < 4.78 is 21.8. The molecular weight excluding hydrogens is 244 g/mol. The average molecular weight is 250 g/mol. The Labute approximate surface area is 97.3 Å². The van der Waals surface area contributed by atoms with Crippen LogP contribution in [0.3, 0.4) is 0 Å². The van der Waals surface area contributed by atoms with Crippen molar-refractivity contribution < 1.29 is 13.2 Å². The lowest BCUT2D eigenvalue weighted by atomic mass is 10.1. The van der Waals surface area contributed by atoms with E-state index in [1.54, 1.807) is 24.3 Å². The molecule has 0 bridgehead atoms. The van der Waals surface area contributed by atoms with Gasteiger partial charge in [0.25, 0.3) is 5.91 Å². The summed E-state index contributed by atoms with van der Waals surface area (Å²) in [6, 6.07) is 6.80. The Morgan fingerprint density at radius 3 is 2.82 bits per heavy atom. The first-order valence-corrected chi connectivity index (χ1v) is 5.83. The third-order valence-corrected chi connectivity index (χ3v) is 3.20. The van der Waals surface area contributed by atoms with Crippen LogP contribution in [0.4, 0.5) is 5.69 Å². The Bertz CT molecular complexity index is 671.